The van der Waals surface area contributed by atoms with Gasteiger partial charge >= 0.3 is 0 Å². The van der Waals surface area contributed by atoms with Crippen LogP contribution in [-0.2, 0) is 0 Å². The molecule has 1 aromatic carbocycles. The molecule has 0 fully saturated rings. The molecule has 0 unspecified atom stereocenters. The second-order valence-electron chi connectivity index (χ2n) is 3.71. The SMILES string of the molecule is NCCCOc1cnc(-c2ccccc2F)nc1. The molecule has 0 saturated carbocycles. The van der Waals surface area contributed by atoms with Crippen molar-refractivity contribution in [2.45, 2.75) is 6.42 Å². The van der Waals surface area contributed by atoms with E-state index in [1.807, 2.05) is 0 Å². The average Bonchev–Trinajstić information content (AvgIpc) is 2.41. The number of hydrogen-bond donors (Lipinski definition) is 1. The summed E-state index contributed by atoms with van der Waals surface area (Å²) in [6, 6.07) is 6.39. The second-order valence-corrected chi connectivity index (χ2v) is 3.71. The topological polar surface area (TPSA) is 61.0 Å². The number of nitrogens with two attached hydrogens (primary N) is 1. The Labute approximate surface area is 105 Å². The maximum Gasteiger partial charge on any atom is 0.162 e. The maximum atomic E-state index is 13.5. The summed E-state index contributed by atoms with van der Waals surface area (Å²) >= 11 is 0. The highest BCUT2D eigenvalue weighted by atomic mass is 19.1. The van der Waals surface area contributed by atoms with E-state index in [9.17, 15) is 4.39 Å². The van der Waals surface area contributed by atoms with E-state index in [1.54, 1.807) is 18.2 Å². The fourth-order valence-corrected chi connectivity index (χ4v) is 1.45. The summed E-state index contributed by atoms with van der Waals surface area (Å²) in [6.07, 6.45) is 3.84. The molecule has 4 nitrogen and oxygen atoms in total. The predicted molar refractivity (Wildman–Crippen MR) is 66.6 cm³/mol. The molecule has 5 heteroatoms. The molecular weight excluding hydrogens is 233 g/mol. The summed E-state index contributed by atoms with van der Waals surface area (Å²) in [5.74, 6) is 0.567. The molecule has 0 radical (unpaired) electrons. The highest BCUT2D eigenvalue weighted by Crippen LogP contribution is 2.19. The van der Waals surface area contributed by atoms with Gasteiger partial charge in [0.15, 0.2) is 11.6 Å². The summed E-state index contributed by atoms with van der Waals surface area (Å²) in [6.45, 7) is 1.10. The van der Waals surface area contributed by atoms with Crippen molar-refractivity contribution in [3.8, 4) is 17.1 Å². The zero-order chi connectivity index (χ0) is 12.8. The van der Waals surface area contributed by atoms with Crippen molar-refractivity contribution < 1.29 is 9.13 Å². The van der Waals surface area contributed by atoms with Crippen LogP contribution in [0.3, 0.4) is 0 Å². The van der Waals surface area contributed by atoms with Gasteiger partial charge in [0.2, 0.25) is 0 Å². The zero-order valence-electron chi connectivity index (χ0n) is 9.84. The normalized spacial score (nSPS) is 10.3. The summed E-state index contributed by atoms with van der Waals surface area (Å²) in [7, 11) is 0. The first-order valence-electron chi connectivity index (χ1n) is 5.71. The van der Waals surface area contributed by atoms with E-state index in [2.05, 4.69) is 9.97 Å². The summed E-state index contributed by atoms with van der Waals surface area (Å²) in [5, 5.41) is 0. The maximum absolute atomic E-state index is 13.5. The van der Waals surface area contributed by atoms with E-state index in [0.29, 0.717) is 30.3 Å². The fourth-order valence-electron chi connectivity index (χ4n) is 1.45. The van der Waals surface area contributed by atoms with Gasteiger partial charge in [-0.3, -0.25) is 0 Å². The Bertz CT molecular complexity index is 502. The average molecular weight is 247 g/mol. The van der Waals surface area contributed by atoms with Gasteiger partial charge in [-0.1, -0.05) is 12.1 Å². The van der Waals surface area contributed by atoms with E-state index in [0.717, 1.165) is 6.42 Å². The van der Waals surface area contributed by atoms with Crippen LogP contribution in [0.5, 0.6) is 5.75 Å². The zero-order valence-corrected chi connectivity index (χ0v) is 9.84. The lowest BCUT2D eigenvalue weighted by Crippen LogP contribution is -2.06. The third-order valence-corrected chi connectivity index (χ3v) is 2.36. The van der Waals surface area contributed by atoms with Crippen molar-refractivity contribution >= 4 is 0 Å². The molecule has 1 aromatic heterocycles. The van der Waals surface area contributed by atoms with E-state index in [4.69, 9.17) is 10.5 Å². The van der Waals surface area contributed by atoms with Crippen LogP contribution in [-0.4, -0.2) is 23.1 Å². The van der Waals surface area contributed by atoms with E-state index < -0.39 is 0 Å². The molecule has 0 aliphatic rings. The number of benzene rings is 1. The number of ether oxygens (including phenoxy) is 1. The predicted octanol–water partition coefficient (Wildman–Crippen LogP) is 2.01. The van der Waals surface area contributed by atoms with Crippen LogP contribution in [0.15, 0.2) is 36.7 Å². The minimum atomic E-state index is -0.339. The number of rotatable bonds is 5. The van der Waals surface area contributed by atoms with Gasteiger partial charge in [0.1, 0.15) is 5.82 Å². The van der Waals surface area contributed by atoms with Gasteiger partial charge < -0.3 is 10.5 Å². The van der Waals surface area contributed by atoms with Gasteiger partial charge in [-0.2, -0.15) is 0 Å². The first-order chi connectivity index (χ1) is 8.81. The molecule has 0 bridgehead atoms. The Hall–Kier alpha value is -2.01. The van der Waals surface area contributed by atoms with Crippen LogP contribution in [0.4, 0.5) is 4.39 Å². The van der Waals surface area contributed by atoms with Crippen molar-refractivity contribution in [1.29, 1.82) is 0 Å². The molecule has 94 valence electrons. The molecule has 1 heterocycles. The third-order valence-electron chi connectivity index (χ3n) is 2.36. The summed E-state index contributed by atoms with van der Waals surface area (Å²) < 4.78 is 18.9. The Morgan fingerprint density at radius 1 is 1.17 bits per heavy atom. The van der Waals surface area contributed by atoms with Crippen LogP contribution in [0, 0.1) is 5.82 Å². The Morgan fingerprint density at radius 2 is 1.89 bits per heavy atom. The van der Waals surface area contributed by atoms with Gasteiger partial charge in [0, 0.05) is 0 Å². The molecule has 2 N–H and O–H groups in total. The molecule has 0 amide bonds. The molecule has 0 atom stereocenters. The largest absolute Gasteiger partial charge is 0.490 e. The van der Waals surface area contributed by atoms with Crippen LogP contribution in [0.2, 0.25) is 0 Å². The number of hydrogen-bond acceptors (Lipinski definition) is 4. The van der Waals surface area contributed by atoms with Crippen LogP contribution in [0.1, 0.15) is 6.42 Å². The Morgan fingerprint density at radius 3 is 2.56 bits per heavy atom. The van der Waals surface area contributed by atoms with Crippen LogP contribution < -0.4 is 10.5 Å². The van der Waals surface area contributed by atoms with Gasteiger partial charge in [-0.15, -0.1) is 0 Å². The van der Waals surface area contributed by atoms with Crippen molar-refractivity contribution in [2.75, 3.05) is 13.2 Å². The first kappa shape index (κ1) is 12.4. The van der Waals surface area contributed by atoms with Crippen LogP contribution >= 0.6 is 0 Å². The lowest BCUT2D eigenvalue weighted by Gasteiger charge is -2.05. The quantitative estimate of drug-likeness (QED) is 0.821. The van der Waals surface area contributed by atoms with Crippen molar-refractivity contribution in [2.24, 2.45) is 5.73 Å². The molecule has 2 aromatic rings. The van der Waals surface area contributed by atoms with Gasteiger partial charge in [-0.05, 0) is 25.1 Å². The minimum absolute atomic E-state index is 0.339. The Kier molecular flexibility index (Phi) is 4.20. The molecule has 2 rings (SSSR count). The first-order valence-corrected chi connectivity index (χ1v) is 5.71. The van der Waals surface area contributed by atoms with E-state index in [-0.39, 0.29) is 5.82 Å². The Balaban J connectivity index is 2.10. The third kappa shape index (κ3) is 3.01. The minimum Gasteiger partial charge on any atom is -0.490 e. The second kappa shape index (κ2) is 6.07. The van der Waals surface area contributed by atoms with Gasteiger partial charge in [0.05, 0.1) is 24.6 Å². The lowest BCUT2D eigenvalue weighted by atomic mass is 10.2. The highest BCUT2D eigenvalue weighted by Gasteiger charge is 2.06. The van der Waals surface area contributed by atoms with Crippen molar-refractivity contribution in [3.05, 3.63) is 42.5 Å². The highest BCUT2D eigenvalue weighted by molar-refractivity contribution is 5.55. The summed E-state index contributed by atoms with van der Waals surface area (Å²) in [4.78, 5) is 8.16. The molecule has 0 aliphatic carbocycles. The molecule has 0 spiro atoms. The monoisotopic (exact) mass is 247 g/mol. The van der Waals surface area contributed by atoms with Gasteiger partial charge in [-0.25, -0.2) is 14.4 Å². The van der Waals surface area contributed by atoms with Crippen molar-refractivity contribution in [3.63, 3.8) is 0 Å². The van der Waals surface area contributed by atoms with E-state index in [1.165, 1.54) is 18.5 Å². The number of aromatic nitrogens is 2. The molecule has 0 aliphatic heterocycles. The number of nitrogens with zero attached hydrogens (tertiary/aromatic N) is 2. The lowest BCUT2D eigenvalue weighted by molar-refractivity contribution is 0.311. The summed E-state index contributed by atoms with van der Waals surface area (Å²) in [5.41, 5.74) is 5.74. The molecule has 18 heavy (non-hydrogen) atoms. The number of halogens is 1. The van der Waals surface area contributed by atoms with Gasteiger partial charge in [0.25, 0.3) is 0 Å². The standard InChI is InChI=1S/C13H14FN3O/c14-12-5-2-1-4-11(12)13-16-8-10(9-17-13)18-7-3-6-15/h1-2,4-5,8-9H,3,6-7,15H2. The molecule has 0 saturated heterocycles. The smallest absolute Gasteiger partial charge is 0.162 e. The fraction of sp³-hybridized carbons (Fsp3) is 0.231. The van der Waals surface area contributed by atoms with E-state index >= 15 is 0 Å². The van der Waals surface area contributed by atoms with Crippen molar-refractivity contribution in [1.82, 2.24) is 9.97 Å². The van der Waals surface area contributed by atoms with Crippen LogP contribution in [0.25, 0.3) is 11.4 Å². The molecular formula is C13H14FN3O.